The summed E-state index contributed by atoms with van der Waals surface area (Å²) in [7, 11) is 5.04. The molecule has 4 heterocycles. The monoisotopic (exact) mass is 563 g/mol. The smallest absolute Gasteiger partial charge is 0.327 e. The molecular formula is C29H47F2N7O2. The molecule has 11 heteroatoms. The van der Waals surface area contributed by atoms with Crippen molar-refractivity contribution in [3.8, 4) is 0 Å². The number of hydrogen-bond donors (Lipinski definition) is 3. The van der Waals surface area contributed by atoms with Crippen molar-refractivity contribution in [1.82, 2.24) is 24.3 Å². The summed E-state index contributed by atoms with van der Waals surface area (Å²) in [6.07, 6.45) is 7.33. The molecule has 0 saturated carbocycles. The standard InChI is InChI=1S/C13H17F2N.C12H14N4O2.C2H6.2CH5N/c1-16-8-3-2-5-10(9-16)11-6-4-7-12(14)13(11)15;17-8-15-6-3-9(4-7-15)16-10-2-1-5-13-11(10)14-12(16)18;3*1-2/h4,6-7,10H,2-3,5,8-9H2,1H3;1-2,5,8-9H,3-4,6-7H2,(H,13,14,18);1-2H3;2*2H2,1H3. The highest BCUT2D eigenvalue weighted by Gasteiger charge is 2.23. The Hall–Kier alpha value is -3.15. The Balaban J connectivity index is 0.000000339. The minimum atomic E-state index is -0.732. The molecular weight excluding hydrogens is 516 g/mol. The summed E-state index contributed by atoms with van der Waals surface area (Å²) >= 11 is 0. The number of H-pyrrole nitrogens is 1. The van der Waals surface area contributed by atoms with E-state index in [1.165, 1.54) is 20.2 Å². The van der Waals surface area contributed by atoms with Crippen molar-refractivity contribution in [1.29, 1.82) is 0 Å². The Bertz CT molecular complexity index is 1180. The van der Waals surface area contributed by atoms with Gasteiger partial charge in [-0.25, -0.2) is 18.6 Å². The molecule has 1 aromatic carbocycles. The van der Waals surface area contributed by atoms with Gasteiger partial charge in [0.05, 0.1) is 5.52 Å². The molecule has 5 rings (SSSR count). The van der Waals surface area contributed by atoms with Gasteiger partial charge in [0.25, 0.3) is 0 Å². The van der Waals surface area contributed by atoms with Gasteiger partial charge < -0.3 is 21.3 Å². The number of amides is 1. The lowest BCUT2D eigenvalue weighted by atomic mass is 9.94. The Morgan fingerprint density at radius 3 is 2.30 bits per heavy atom. The van der Waals surface area contributed by atoms with E-state index >= 15 is 0 Å². The molecule has 2 aliphatic rings. The summed E-state index contributed by atoms with van der Waals surface area (Å²) in [4.78, 5) is 33.5. The van der Waals surface area contributed by atoms with Gasteiger partial charge in [0.15, 0.2) is 17.3 Å². The van der Waals surface area contributed by atoms with Crippen LogP contribution in [0.25, 0.3) is 11.2 Å². The topological polar surface area (TPSA) is 126 Å². The van der Waals surface area contributed by atoms with E-state index in [4.69, 9.17) is 0 Å². The van der Waals surface area contributed by atoms with Crippen LogP contribution in [0.1, 0.15) is 63.5 Å². The van der Waals surface area contributed by atoms with Gasteiger partial charge in [0.2, 0.25) is 6.41 Å². The van der Waals surface area contributed by atoms with Gasteiger partial charge in [-0.1, -0.05) is 32.4 Å². The molecule has 40 heavy (non-hydrogen) atoms. The lowest BCUT2D eigenvalue weighted by Gasteiger charge is -2.29. The van der Waals surface area contributed by atoms with Crippen LogP contribution in [0.5, 0.6) is 0 Å². The van der Waals surface area contributed by atoms with E-state index in [2.05, 4.69) is 26.3 Å². The first-order chi connectivity index (χ1) is 19.5. The van der Waals surface area contributed by atoms with Crippen LogP contribution in [-0.2, 0) is 4.79 Å². The highest BCUT2D eigenvalue weighted by molar-refractivity contribution is 5.70. The molecule has 0 bridgehead atoms. The van der Waals surface area contributed by atoms with E-state index in [-0.39, 0.29) is 17.6 Å². The number of imidazole rings is 1. The Morgan fingerprint density at radius 2 is 1.65 bits per heavy atom. The fraction of sp³-hybridized carbons (Fsp3) is 0.552. The number of nitrogens with one attached hydrogen (secondary N) is 1. The minimum absolute atomic E-state index is 0.117. The van der Waals surface area contributed by atoms with Gasteiger partial charge in [0.1, 0.15) is 0 Å². The fourth-order valence-electron chi connectivity index (χ4n) is 4.99. The van der Waals surface area contributed by atoms with E-state index in [1.807, 2.05) is 33.0 Å². The highest BCUT2D eigenvalue weighted by atomic mass is 19.2. The molecule has 5 N–H and O–H groups in total. The summed E-state index contributed by atoms with van der Waals surface area (Å²) in [6.45, 7) is 7.27. The normalized spacial score (nSPS) is 17.4. The molecule has 1 atom stereocenters. The second-order valence-electron chi connectivity index (χ2n) is 9.14. The second kappa shape index (κ2) is 19.0. The number of aromatic amines is 1. The number of carbonyl (C=O) groups is 1. The van der Waals surface area contributed by atoms with Crippen LogP contribution in [0.3, 0.4) is 0 Å². The van der Waals surface area contributed by atoms with E-state index in [0.717, 1.165) is 57.1 Å². The maximum Gasteiger partial charge on any atom is 0.327 e. The van der Waals surface area contributed by atoms with E-state index in [9.17, 15) is 18.4 Å². The average Bonchev–Trinajstić information content (AvgIpc) is 3.19. The molecule has 224 valence electrons. The fourth-order valence-corrected chi connectivity index (χ4v) is 4.99. The lowest BCUT2D eigenvalue weighted by Crippen LogP contribution is -2.36. The summed E-state index contributed by atoms with van der Waals surface area (Å²) in [5, 5.41) is 0. The van der Waals surface area contributed by atoms with Crippen molar-refractivity contribution in [2.24, 2.45) is 11.5 Å². The van der Waals surface area contributed by atoms with Gasteiger partial charge in [-0.05, 0) is 83.1 Å². The Kier molecular flexibility index (Phi) is 16.6. The molecule has 3 aromatic rings. The number of aromatic nitrogens is 3. The van der Waals surface area contributed by atoms with Crippen LogP contribution in [-0.4, -0.2) is 78.1 Å². The van der Waals surface area contributed by atoms with Crippen molar-refractivity contribution in [2.75, 3.05) is 47.3 Å². The van der Waals surface area contributed by atoms with Crippen molar-refractivity contribution >= 4 is 17.6 Å². The molecule has 1 unspecified atom stereocenters. The first-order valence-corrected chi connectivity index (χ1v) is 14.0. The van der Waals surface area contributed by atoms with Gasteiger partial charge in [0, 0.05) is 31.9 Å². The van der Waals surface area contributed by atoms with Gasteiger partial charge in [-0.3, -0.25) is 14.3 Å². The van der Waals surface area contributed by atoms with Crippen molar-refractivity contribution < 1.29 is 13.6 Å². The predicted octanol–water partition coefficient (Wildman–Crippen LogP) is 3.86. The van der Waals surface area contributed by atoms with E-state index in [1.54, 1.807) is 27.8 Å². The van der Waals surface area contributed by atoms with Crippen LogP contribution in [0.15, 0.2) is 41.3 Å². The third-order valence-electron chi connectivity index (χ3n) is 6.80. The number of pyridine rings is 1. The van der Waals surface area contributed by atoms with Crippen LogP contribution in [0.4, 0.5) is 8.78 Å². The molecule has 2 saturated heterocycles. The number of hydrogen-bond acceptors (Lipinski definition) is 6. The molecule has 0 radical (unpaired) electrons. The zero-order valence-corrected chi connectivity index (χ0v) is 24.6. The third kappa shape index (κ3) is 9.50. The first-order valence-electron chi connectivity index (χ1n) is 14.0. The van der Waals surface area contributed by atoms with Crippen molar-refractivity contribution in [3.05, 3.63) is 64.2 Å². The Morgan fingerprint density at radius 1 is 0.975 bits per heavy atom. The molecule has 2 aromatic heterocycles. The maximum atomic E-state index is 13.7. The zero-order valence-electron chi connectivity index (χ0n) is 24.6. The number of likely N-dealkylation sites (tertiary alicyclic amines) is 2. The maximum absolute atomic E-state index is 13.7. The largest absolute Gasteiger partial charge is 0.345 e. The third-order valence-corrected chi connectivity index (χ3v) is 6.80. The molecule has 0 aliphatic carbocycles. The molecule has 2 fully saturated rings. The molecule has 1 amide bonds. The Labute approximate surface area is 236 Å². The molecule has 2 aliphatic heterocycles. The van der Waals surface area contributed by atoms with Gasteiger partial charge in [-0.15, -0.1) is 0 Å². The number of benzene rings is 1. The summed E-state index contributed by atoms with van der Waals surface area (Å²) in [6, 6.07) is 8.35. The number of likely N-dealkylation sites (N-methyl/N-ethyl adjacent to an activating group) is 1. The number of halogens is 2. The summed E-state index contributed by atoms with van der Waals surface area (Å²) < 4.78 is 28.6. The van der Waals surface area contributed by atoms with Crippen LogP contribution >= 0.6 is 0 Å². The van der Waals surface area contributed by atoms with Gasteiger partial charge >= 0.3 is 5.69 Å². The van der Waals surface area contributed by atoms with Crippen LogP contribution in [0, 0.1) is 11.6 Å². The SMILES string of the molecule is CC.CN.CN.CN1CCCCC(c2cccc(F)c2F)C1.O=CN1CCC(n2c(=O)[nH]c3ncccc32)CC1. The molecule has 0 spiro atoms. The van der Waals surface area contributed by atoms with Crippen LogP contribution < -0.4 is 17.2 Å². The number of nitrogens with zero attached hydrogens (tertiary/aromatic N) is 4. The zero-order chi connectivity index (χ0) is 30.1. The highest BCUT2D eigenvalue weighted by Crippen LogP contribution is 2.28. The number of piperidine rings is 1. The summed E-state index contributed by atoms with van der Waals surface area (Å²) in [5.74, 6) is -1.27. The van der Waals surface area contributed by atoms with E-state index < -0.39 is 11.6 Å². The number of fused-ring (bicyclic) bond motifs is 1. The van der Waals surface area contributed by atoms with Crippen molar-refractivity contribution in [2.45, 2.75) is 57.9 Å². The quantitative estimate of drug-likeness (QED) is 0.416. The number of nitrogens with two attached hydrogens (primary N) is 2. The van der Waals surface area contributed by atoms with E-state index in [0.29, 0.717) is 24.3 Å². The number of rotatable bonds is 3. The minimum Gasteiger partial charge on any atom is -0.345 e. The second-order valence-corrected chi connectivity index (χ2v) is 9.14. The lowest BCUT2D eigenvalue weighted by molar-refractivity contribution is -0.119. The first kappa shape index (κ1) is 34.9. The number of carbonyl (C=O) groups excluding carboxylic acids is 1. The van der Waals surface area contributed by atoms with Crippen LogP contribution in [0.2, 0.25) is 0 Å². The predicted molar refractivity (Wildman–Crippen MR) is 158 cm³/mol. The average molecular weight is 564 g/mol. The van der Waals surface area contributed by atoms with Crippen molar-refractivity contribution in [3.63, 3.8) is 0 Å². The van der Waals surface area contributed by atoms with Gasteiger partial charge in [-0.2, -0.15) is 0 Å². The molecule has 9 nitrogen and oxygen atoms in total. The summed E-state index contributed by atoms with van der Waals surface area (Å²) in [5.41, 5.74) is 10.9.